The van der Waals surface area contributed by atoms with Gasteiger partial charge in [-0.1, -0.05) is 12.1 Å². The first-order valence-corrected chi connectivity index (χ1v) is 9.20. The second-order valence-corrected chi connectivity index (χ2v) is 6.62. The van der Waals surface area contributed by atoms with Gasteiger partial charge in [0.2, 0.25) is 5.75 Å². The normalized spacial score (nSPS) is 14.7. The quantitative estimate of drug-likeness (QED) is 0.799. The van der Waals surface area contributed by atoms with Gasteiger partial charge in [-0.25, -0.2) is 0 Å². The lowest BCUT2D eigenvalue weighted by Crippen LogP contribution is -3.13. The minimum atomic E-state index is 0.639. The smallest absolute Gasteiger partial charge is 0.203 e. The third-order valence-corrected chi connectivity index (χ3v) is 5.08. The van der Waals surface area contributed by atoms with Crippen LogP contribution in [-0.2, 0) is 6.54 Å². The molecule has 0 aliphatic carbocycles. The van der Waals surface area contributed by atoms with Gasteiger partial charge in [0.1, 0.15) is 12.3 Å². The number of nitrogens with zero attached hydrogens (tertiary/aromatic N) is 1. The fourth-order valence-electron chi connectivity index (χ4n) is 3.66. The largest absolute Gasteiger partial charge is 0.495 e. The molecule has 1 saturated heterocycles. The number of methoxy groups -OCH3 is 4. The van der Waals surface area contributed by atoms with Crippen molar-refractivity contribution in [3.63, 3.8) is 0 Å². The van der Waals surface area contributed by atoms with E-state index in [1.165, 1.54) is 16.2 Å². The van der Waals surface area contributed by atoms with Crippen LogP contribution in [0.25, 0.3) is 0 Å². The summed E-state index contributed by atoms with van der Waals surface area (Å²) in [6.07, 6.45) is 0. The van der Waals surface area contributed by atoms with Crippen LogP contribution < -0.4 is 28.7 Å². The van der Waals surface area contributed by atoms with Crippen molar-refractivity contribution in [2.45, 2.75) is 6.54 Å². The zero-order chi connectivity index (χ0) is 19.2. The maximum atomic E-state index is 5.51. The Morgan fingerprint density at radius 3 is 1.96 bits per heavy atom. The number of para-hydroxylation sites is 2. The molecule has 0 atom stereocenters. The molecule has 1 fully saturated rings. The van der Waals surface area contributed by atoms with Crippen molar-refractivity contribution in [2.24, 2.45) is 0 Å². The van der Waals surface area contributed by atoms with E-state index in [4.69, 9.17) is 18.9 Å². The second-order valence-electron chi connectivity index (χ2n) is 6.62. The lowest BCUT2D eigenvalue weighted by atomic mass is 10.1. The van der Waals surface area contributed by atoms with Crippen molar-refractivity contribution in [3.05, 3.63) is 42.0 Å². The van der Waals surface area contributed by atoms with Crippen molar-refractivity contribution >= 4 is 5.69 Å². The summed E-state index contributed by atoms with van der Waals surface area (Å²) in [6.45, 7) is 5.06. The predicted molar refractivity (Wildman–Crippen MR) is 106 cm³/mol. The van der Waals surface area contributed by atoms with Gasteiger partial charge in [-0.2, -0.15) is 0 Å². The summed E-state index contributed by atoms with van der Waals surface area (Å²) in [5.41, 5.74) is 2.36. The first-order valence-electron chi connectivity index (χ1n) is 9.20. The molecule has 1 heterocycles. The number of nitrogens with one attached hydrogen (secondary N) is 1. The van der Waals surface area contributed by atoms with Gasteiger partial charge in [0.05, 0.1) is 60.3 Å². The van der Waals surface area contributed by atoms with Gasteiger partial charge < -0.3 is 28.7 Å². The summed E-state index contributed by atoms with van der Waals surface area (Å²) < 4.78 is 21.9. The molecular formula is C21H29N2O4+. The third kappa shape index (κ3) is 4.22. The standard InChI is InChI=1S/C21H28N2O4/c1-24-18-8-6-5-7-17(18)23-11-9-22(10-12-23)15-16-13-19(25-2)21(27-4)20(14-16)26-3/h5-8,13-14H,9-12,15H2,1-4H3/p+1. The molecule has 0 unspecified atom stereocenters. The van der Waals surface area contributed by atoms with E-state index >= 15 is 0 Å². The molecule has 2 aromatic rings. The number of hydrogen-bond donors (Lipinski definition) is 1. The van der Waals surface area contributed by atoms with Crippen LogP contribution in [0, 0.1) is 0 Å². The molecule has 0 bridgehead atoms. The molecule has 2 aromatic carbocycles. The first-order chi connectivity index (χ1) is 13.2. The lowest BCUT2D eigenvalue weighted by Gasteiger charge is -2.34. The number of rotatable bonds is 7. The number of benzene rings is 2. The van der Waals surface area contributed by atoms with Gasteiger partial charge in [0.25, 0.3) is 0 Å². The summed E-state index contributed by atoms with van der Waals surface area (Å²) in [6, 6.07) is 12.3. The van der Waals surface area contributed by atoms with Crippen molar-refractivity contribution < 1.29 is 23.8 Å². The topological polar surface area (TPSA) is 44.6 Å². The van der Waals surface area contributed by atoms with Crippen LogP contribution >= 0.6 is 0 Å². The van der Waals surface area contributed by atoms with Crippen molar-refractivity contribution in [1.29, 1.82) is 0 Å². The maximum absolute atomic E-state index is 5.51. The fraction of sp³-hybridized carbons (Fsp3) is 0.429. The van der Waals surface area contributed by atoms with E-state index in [9.17, 15) is 0 Å². The van der Waals surface area contributed by atoms with Crippen LogP contribution in [0.3, 0.4) is 0 Å². The van der Waals surface area contributed by atoms with E-state index in [1.807, 2.05) is 24.3 Å². The number of hydrogen-bond acceptors (Lipinski definition) is 5. The highest BCUT2D eigenvalue weighted by molar-refractivity contribution is 5.58. The highest BCUT2D eigenvalue weighted by Crippen LogP contribution is 2.38. The number of anilines is 1. The Kier molecular flexibility index (Phi) is 6.29. The average Bonchev–Trinajstić information content (AvgIpc) is 2.73. The van der Waals surface area contributed by atoms with Crippen molar-refractivity contribution in [1.82, 2.24) is 0 Å². The molecule has 6 nitrogen and oxygen atoms in total. The molecule has 1 N–H and O–H groups in total. The van der Waals surface area contributed by atoms with Crippen LogP contribution in [0.4, 0.5) is 5.69 Å². The minimum absolute atomic E-state index is 0.639. The Hall–Kier alpha value is -2.60. The van der Waals surface area contributed by atoms with Gasteiger partial charge in [-0.15, -0.1) is 0 Å². The number of quaternary nitrogens is 1. The van der Waals surface area contributed by atoms with E-state index in [-0.39, 0.29) is 0 Å². The molecule has 27 heavy (non-hydrogen) atoms. The van der Waals surface area contributed by atoms with E-state index in [0.29, 0.717) is 17.2 Å². The van der Waals surface area contributed by atoms with E-state index in [2.05, 4.69) is 17.0 Å². The lowest BCUT2D eigenvalue weighted by molar-refractivity contribution is -0.914. The maximum Gasteiger partial charge on any atom is 0.203 e. The fourth-order valence-corrected chi connectivity index (χ4v) is 3.66. The van der Waals surface area contributed by atoms with E-state index in [0.717, 1.165) is 38.5 Å². The van der Waals surface area contributed by atoms with Gasteiger partial charge in [-0.05, 0) is 24.3 Å². The second kappa shape index (κ2) is 8.86. The Morgan fingerprint density at radius 2 is 1.41 bits per heavy atom. The van der Waals surface area contributed by atoms with Crippen molar-refractivity contribution in [3.8, 4) is 23.0 Å². The van der Waals surface area contributed by atoms with Gasteiger partial charge >= 0.3 is 0 Å². The van der Waals surface area contributed by atoms with Crippen LogP contribution in [0.15, 0.2) is 36.4 Å². The summed E-state index contributed by atoms with van der Waals surface area (Å²) in [4.78, 5) is 3.94. The minimum Gasteiger partial charge on any atom is -0.495 e. The third-order valence-electron chi connectivity index (χ3n) is 5.08. The number of piperazine rings is 1. The first kappa shape index (κ1) is 19.2. The summed E-state index contributed by atoms with van der Waals surface area (Å²) in [7, 11) is 6.66. The highest BCUT2D eigenvalue weighted by Gasteiger charge is 2.23. The molecule has 6 heteroatoms. The molecule has 0 radical (unpaired) electrons. The summed E-state index contributed by atoms with van der Waals surface area (Å²) in [5, 5.41) is 0. The molecule has 146 valence electrons. The summed E-state index contributed by atoms with van der Waals surface area (Å²) in [5.74, 6) is 2.99. The molecule has 0 saturated carbocycles. The Labute approximate surface area is 161 Å². The highest BCUT2D eigenvalue weighted by atomic mass is 16.5. The monoisotopic (exact) mass is 373 g/mol. The van der Waals surface area contributed by atoms with Crippen LogP contribution in [0.1, 0.15) is 5.56 Å². The molecule has 0 aromatic heterocycles. The van der Waals surface area contributed by atoms with Crippen LogP contribution in [0.2, 0.25) is 0 Å². The average molecular weight is 373 g/mol. The van der Waals surface area contributed by atoms with Crippen LogP contribution in [-0.4, -0.2) is 54.6 Å². The molecule has 0 amide bonds. The molecule has 0 spiro atoms. The SMILES string of the molecule is COc1ccccc1N1CC[NH+](Cc2cc(OC)c(OC)c(OC)c2)CC1. The summed E-state index contributed by atoms with van der Waals surface area (Å²) >= 11 is 0. The Bertz CT molecular complexity index is 733. The Balaban J connectivity index is 1.67. The van der Waals surface area contributed by atoms with Gasteiger partial charge in [0.15, 0.2) is 11.5 Å². The van der Waals surface area contributed by atoms with E-state index in [1.54, 1.807) is 28.4 Å². The molecule has 1 aliphatic rings. The van der Waals surface area contributed by atoms with Gasteiger partial charge in [-0.3, -0.25) is 0 Å². The molecule has 3 rings (SSSR count). The zero-order valence-corrected chi connectivity index (χ0v) is 16.6. The predicted octanol–water partition coefficient (Wildman–Crippen LogP) is 1.63. The van der Waals surface area contributed by atoms with Gasteiger partial charge in [0, 0.05) is 5.56 Å². The molecule has 1 aliphatic heterocycles. The van der Waals surface area contributed by atoms with Crippen molar-refractivity contribution in [2.75, 3.05) is 59.5 Å². The molecular weight excluding hydrogens is 344 g/mol. The zero-order valence-electron chi connectivity index (χ0n) is 16.6. The number of ether oxygens (including phenoxy) is 4. The van der Waals surface area contributed by atoms with Crippen LogP contribution in [0.5, 0.6) is 23.0 Å². The van der Waals surface area contributed by atoms with E-state index < -0.39 is 0 Å². The Morgan fingerprint density at radius 1 is 0.815 bits per heavy atom.